The summed E-state index contributed by atoms with van der Waals surface area (Å²) in [5.74, 6) is -1.06. The molecule has 25 heavy (non-hydrogen) atoms. The highest BCUT2D eigenvalue weighted by Crippen LogP contribution is 2.43. The van der Waals surface area contributed by atoms with Crippen molar-refractivity contribution in [2.45, 2.75) is 38.6 Å². The van der Waals surface area contributed by atoms with Gasteiger partial charge < -0.3 is 15.0 Å². The Bertz CT molecular complexity index is 709. The molecule has 1 aromatic rings. The van der Waals surface area contributed by atoms with Gasteiger partial charge in [0.05, 0.1) is 6.33 Å². The van der Waals surface area contributed by atoms with Crippen molar-refractivity contribution < 1.29 is 14.7 Å². The third kappa shape index (κ3) is 3.44. The molecule has 2 N–H and O–H groups in total. The van der Waals surface area contributed by atoms with E-state index in [1.54, 1.807) is 4.90 Å². The smallest absolute Gasteiger partial charge is 0.320 e. The van der Waals surface area contributed by atoms with E-state index in [0.29, 0.717) is 19.5 Å². The van der Waals surface area contributed by atoms with Gasteiger partial charge in [-0.05, 0) is 37.6 Å². The highest BCUT2D eigenvalue weighted by atomic mass is 16.4. The zero-order valence-electron chi connectivity index (χ0n) is 14.4. The summed E-state index contributed by atoms with van der Waals surface area (Å²) in [6.07, 6.45) is 5.65. The summed E-state index contributed by atoms with van der Waals surface area (Å²) in [6.45, 7) is 4.69. The maximum atomic E-state index is 12.5. The minimum absolute atomic E-state index is 0.0453. The van der Waals surface area contributed by atoms with Gasteiger partial charge in [0, 0.05) is 25.8 Å². The van der Waals surface area contributed by atoms with Crippen molar-refractivity contribution >= 4 is 11.9 Å². The average Bonchev–Trinajstić information content (AvgIpc) is 2.94. The van der Waals surface area contributed by atoms with Gasteiger partial charge in [-0.15, -0.1) is 0 Å². The molecule has 1 aromatic heterocycles. The summed E-state index contributed by atoms with van der Waals surface area (Å²) in [5.41, 5.74) is -0.418. The van der Waals surface area contributed by atoms with E-state index in [9.17, 15) is 19.5 Å². The second-order valence-corrected chi connectivity index (χ2v) is 7.12. The van der Waals surface area contributed by atoms with Gasteiger partial charge in [-0.25, -0.2) is 4.98 Å². The van der Waals surface area contributed by atoms with E-state index in [4.69, 9.17) is 0 Å². The maximum Gasteiger partial charge on any atom is 0.320 e. The van der Waals surface area contributed by atoms with Crippen molar-refractivity contribution in [3.8, 4) is 0 Å². The van der Waals surface area contributed by atoms with E-state index in [-0.39, 0.29) is 16.9 Å². The van der Waals surface area contributed by atoms with Crippen molar-refractivity contribution in [1.82, 2.24) is 19.8 Å². The van der Waals surface area contributed by atoms with Crippen molar-refractivity contribution in [2.24, 2.45) is 5.41 Å². The van der Waals surface area contributed by atoms with Crippen LogP contribution in [0.4, 0.5) is 0 Å². The average molecular weight is 348 g/mol. The number of carboxylic acids is 1. The van der Waals surface area contributed by atoms with Gasteiger partial charge in [0.1, 0.15) is 11.6 Å². The molecule has 0 saturated carbocycles. The van der Waals surface area contributed by atoms with Gasteiger partial charge >= 0.3 is 5.97 Å². The Kier molecular flexibility index (Phi) is 4.89. The van der Waals surface area contributed by atoms with Crippen LogP contribution in [0.25, 0.3) is 0 Å². The number of likely N-dealkylation sites (tertiary alicyclic amines) is 2. The number of aromatic amines is 1. The summed E-state index contributed by atoms with van der Waals surface area (Å²) in [6, 6.07) is -0.427. The van der Waals surface area contributed by atoms with Crippen molar-refractivity contribution in [2.75, 3.05) is 26.2 Å². The molecule has 2 saturated heterocycles. The number of aromatic nitrogens is 2. The fourth-order valence-electron chi connectivity index (χ4n) is 4.12. The van der Waals surface area contributed by atoms with Crippen LogP contribution < -0.4 is 5.56 Å². The zero-order chi connectivity index (χ0) is 18.0. The summed E-state index contributed by atoms with van der Waals surface area (Å²) in [7, 11) is 0. The first-order valence-electron chi connectivity index (χ1n) is 8.74. The van der Waals surface area contributed by atoms with Crippen LogP contribution in [0.5, 0.6) is 0 Å². The SMILES string of the molecule is CCCN1CC2(CCN(C(=O)c3cnc[nH]c3=O)CC2)C[C@@H]1C(=O)O. The van der Waals surface area contributed by atoms with Gasteiger partial charge in [-0.2, -0.15) is 0 Å². The van der Waals surface area contributed by atoms with Gasteiger partial charge in [-0.3, -0.25) is 19.3 Å². The standard InChI is InChI=1S/C17H24N4O4/c1-2-5-21-10-17(8-13(21)16(24)25)3-6-20(7-4-17)15(23)12-9-18-11-19-14(12)22/h9,11,13H,2-8,10H2,1H3,(H,24,25)(H,18,19,22)/t13-/m1/s1. The van der Waals surface area contributed by atoms with Crippen LogP contribution in [-0.2, 0) is 4.79 Å². The molecule has 8 nitrogen and oxygen atoms in total. The van der Waals surface area contributed by atoms with Crippen molar-refractivity contribution in [1.29, 1.82) is 0 Å². The van der Waals surface area contributed by atoms with Crippen LogP contribution in [0.15, 0.2) is 17.3 Å². The topological polar surface area (TPSA) is 107 Å². The molecule has 8 heteroatoms. The molecule has 0 unspecified atom stereocenters. The number of hydrogen-bond acceptors (Lipinski definition) is 5. The molecular formula is C17H24N4O4. The normalized spacial score (nSPS) is 23.1. The molecule has 2 fully saturated rings. The summed E-state index contributed by atoms with van der Waals surface area (Å²) in [4.78, 5) is 45.8. The quantitative estimate of drug-likeness (QED) is 0.823. The summed E-state index contributed by atoms with van der Waals surface area (Å²) < 4.78 is 0. The Morgan fingerprint density at radius 3 is 2.72 bits per heavy atom. The summed E-state index contributed by atoms with van der Waals surface area (Å²) in [5, 5.41) is 9.49. The Labute approximate surface area is 145 Å². The van der Waals surface area contributed by atoms with Crippen molar-refractivity contribution in [3.05, 3.63) is 28.4 Å². The van der Waals surface area contributed by atoms with Gasteiger partial charge in [0.2, 0.25) is 0 Å². The lowest BCUT2D eigenvalue weighted by Crippen LogP contribution is -2.45. The Morgan fingerprint density at radius 1 is 1.40 bits per heavy atom. The second kappa shape index (κ2) is 6.95. The minimum Gasteiger partial charge on any atom is -0.480 e. The molecule has 2 aliphatic rings. The number of nitrogens with one attached hydrogen (secondary N) is 1. The minimum atomic E-state index is -0.759. The molecule has 1 amide bonds. The van der Waals surface area contributed by atoms with Gasteiger partial charge in [-0.1, -0.05) is 6.92 Å². The predicted octanol–water partition coefficient (Wildman–Crippen LogP) is 0.561. The third-order valence-corrected chi connectivity index (χ3v) is 5.46. The van der Waals surface area contributed by atoms with Crippen LogP contribution in [0.2, 0.25) is 0 Å². The molecular weight excluding hydrogens is 324 g/mol. The van der Waals surface area contributed by atoms with Crippen LogP contribution in [-0.4, -0.2) is 69.0 Å². The zero-order valence-corrected chi connectivity index (χ0v) is 14.4. The lowest BCUT2D eigenvalue weighted by Gasteiger charge is -2.39. The molecule has 0 aromatic carbocycles. The van der Waals surface area contributed by atoms with Gasteiger partial charge in [0.25, 0.3) is 11.5 Å². The molecule has 0 bridgehead atoms. The maximum absolute atomic E-state index is 12.5. The molecule has 136 valence electrons. The number of H-pyrrole nitrogens is 1. The fourth-order valence-corrected chi connectivity index (χ4v) is 4.12. The molecule has 3 rings (SSSR count). The van der Waals surface area contributed by atoms with Crippen molar-refractivity contribution in [3.63, 3.8) is 0 Å². The molecule has 3 heterocycles. The number of rotatable bonds is 4. The Balaban J connectivity index is 1.67. The highest BCUT2D eigenvalue weighted by molar-refractivity contribution is 5.93. The molecule has 0 radical (unpaired) electrons. The third-order valence-electron chi connectivity index (χ3n) is 5.46. The molecule has 1 spiro atoms. The van der Waals surface area contributed by atoms with Crippen LogP contribution in [0.3, 0.4) is 0 Å². The number of carbonyl (C=O) groups excluding carboxylic acids is 1. The molecule has 2 aliphatic heterocycles. The fraction of sp³-hybridized carbons (Fsp3) is 0.647. The first-order chi connectivity index (χ1) is 12.0. The van der Waals surface area contributed by atoms with E-state index in [1.807, 2.05) is 0 Å². The number of carboxylic acid groups (broad SMARTS) is 1. The summed E-state index contributed by atoms with van der Waals surface area (Å²) >= 11 is 0. The lowest BCUT2D eigenvalue weighted by atomic mass is 9.76. The molecule has 1 atom stereocenters. The van der Waals surface area contributed by atoms with E-state index >= 15 is 0 Å². The highest BCUT2D eigenvalue weighted by Gasteiger charge is 2.48. The lowest BCUT2D eigenvalue weighted by molar-refractivity contribution is -0.142. The van der Waals surface area contributed by atoms with E-state index in [2.05, 4.69) is 21.8 Å². The monoisotopic (exact) mass is 348 g/mol. The van der Waals surface area contributed by atoms with E-state index < -0.39 is 17.6 Å². The Hall–Kier alpha value is -2.22. The number of hydrogen-bond donors (Lipinski definition) is 2. The number of aliphatic carboxylic acids is 1. The molecule has 0 aliphatic carbocycles. The van der Waals surface area contributed by atoms with Gasteiger partial charge in [0.15, 0.2) is 0 Å². The first-order valence-corrected chi connectivity index (χ1v) is 8.74. The van der Waals surface area contributed by atoms with Crippen LogP contribution in [0.1, 0.15) is 43.0 Å². The predicted molar refractivity (Wildman–Crippen MR) is 90.3 cm³/mol. The van der Waals surface area contributed by atoms with Crippen LogP contribution in [0, 0.1) is 5.41 Å². The first kappa shape index (κ1) is 17.6. The number of piperidine rings is 1. The second-order valence-electron chi connectivity index (χ2n) is 7.12. The Morgan fingerprint density at radius 2 is 2.12 bits per heavy atom. The number of amides is 1. The number of carbonyl (C=O) groups is 2. The largest absolute Gasteiger partial charge is 0.480 e. The van der Waals surface area contributed by atoms with Crippen LogP contribution >= 0.6 is 0 Å². The number of nitrogens with zero attached hydrogens (tertiary/aromatic N) is 3. The van der Waals surface area contributed by atoms with E-state index in [1.165, 1.54) is 12.5 Å². The van der Waals surface area contributed by atoms with E-state index in [0.717, 1.165) is 32.4 Å².